The van der Waals surface area contributed by atoms with Crippen molar-refractivity contribution in [1.29, 1.82) is 0 Å². The number of rotatable bonds is 4. The van der Waals surface area contributed by atoms with Crippen LogP contribution in [0, 0.1) is 0 Å². The standard InChI is InChI=1S/C19H12Cl4O5S/c20-12-4-1-3-10(7-12)19(29(26,27)28,17-13(21)5-2-6-14(17)22)11-8-15(23)18(25)16(24)9-11/h1-9,24-25H,(H,26,27,28). The van der Waals surface area contributed by atoms with E-state index in [0.717, 1.165) is 12.1 Å². The van der Waals surface area contributed by atoms with Gasteiger partial charge in [0.2, 0.25) is 0 Å². The molecule has 0 aliphatic rings. The van der Waals surface area contributed by atoms with E-state index in [1.54, 1.807) is 0 Å². The van der Waals surface area contributed by atoms with E-state index in [-0.39, 0.29) is 36.8 Å². The first kappa shape index (κ1) is 22.0. The van der Waals surface area contributed by atoms with Gasteiger partial charge in [-0.3, -0.25) is 4.55 Å². The maximum Gasteiger partial charge on any atom is 0.283 e. The molecular weight excluding hydrogens is 482 g/mol. The van der Waals surface area contributed by atoms with Crippen molar-refractivity contribution in [3.8, 4) is 11.5 Å². The van der Waals surface area contributed by atoms with Gasteiger partial charge in [0.1, 0.15) is 0 Å². The number of halogens is 4. The summed E-state index contributed by atoms with van der Waals surface area (Å²) in [7, 11) is -5.07. The van der Waals surface area contributed by atoms with E-state index in [1.807, 2.05) is 0 Å². The van der Waals surface area contributed by atoms with Crippen molar-refractivity contribution >= 4 is 56.5 Å². The maximum atomic E-state index is 13.0. The number of hydrogen-bond acceptors (Lipinski definition) is 4. The number of hydrogen-bond donors (Lipinski definition) is 3. The molecule has 0 saturated carbocycles. The normalized spacial score (nSPS) is 13.8. The van der Waals surface area contributed by atoms with Crippen LogP contribution in [0.15, 0.2) is 54.6 Å². The predicted octanol–water partition coefficient (Wildman–Crippen LogP) is 5.89. The molecule has 10 heteroatoms. The summed E-state index contributed by atoms with van der Waals surface area (Å²) < 4.78 is 34.1. The van der Waals surface area contributed by atoms with Crippen LogP contribution in [0.5, 0.6) is 11.5 Å². The lowest BCUT2D eigenvalue weighted by atomic mass is 9.83. The highest BCUT2D eigenvalue weighted by Gasteiger charge is 2.51. The summed E-state index contributed by atoms with van der Waals surface area (Å²) in [5.41, 5.74) is -0.393. The minimum Gasteiger partial charge on any atom is -0.504 e. The minimum atomic E-state index is -5.07. The molecule has 0 aliphatic heterocycles. The fraction of sp³-hybridized carbons (Fsp3) is 0.0526. The number of aromatic hydroxyl groups is 2. The zero-order valence-corrected chi connectivity index (χ0v) is 18.1. The molecule has 0 heterocycles. The molecule has 0 aromatic heterocycles. The molecule has 0 fully saturated rings. The Kier molecular flexibility index (Phi) is 5.98. The quantitative estimate of drug-likeness (QED) is 0.239. The van der Waals surface area contributed by atoms with Gasteiger partial charge in [-0.1, -0.05) is 64.6 Å². The fourth-order valence-electron chi connectivity index (χ4n) is 3.21. The second kappa shape index (κ2) is 7.87. The molecule has 0 spiro atoms. The van der Waals surface area contributed by atoms with E-state index < -0.39 is 26.4 Å². The zero-order chi connectivity index (χ0) is 21.6. The molecule has 3 rings (SSSR count). The van der Waals surface area contributed by atoms with Crippen molar-refractivity contribution in [2.24, 2.45) is 0 Å². The smallest absolute Gasteiger partial charge is 0.283 e. The molecule has 152 valence electrons. The summed E-state index contributed by atoms with van der Waals surface area (Å²) in [6.45, 7) is 0. The first-order valence-corrected chi connectivity index (χ1v) is 10.8. The van der Waals surface area contributed by atoms with Crippen LogP contribution in [-0.2, 0) is 14.9 Å². The van der Waals surface area contributed by atoms with Crippen molar-refractivity contribution in [1.82, 2.24) is 0 Å². The highest BCUT2D eigenvalue weighted by atomic mass is 35.5. The molecule has 3 aromatic rings. The monoisotopic (exact) mass is 492 g/mol. The van der Waals surface area contributed by atoms with Crippen LogP contribution in [0.3, 0.4) is 0 Å². The highest BCUT2D eigenvalue weighted by molar-refractivity contribution is 7.87. The Morgan fingerprint density at radius 2 is 1.34 bits per heavy atom. The third-order valence-corrected chi connectivity index (χ3v) is 6.99. The van der Waals surface area contributed by atoms with E-state index in [2.05, 4.69) is 0 Å². The predicted molar refractivity (Wildman–Crippen MR) is 114 cm³/mol. The van der Waals surface area contributed by atoms with Gasteiger partial charge in [0, 0.05) is 20.6 Å². The second-order valence-electron chi connectivity index (χ2n) is 6.09. The Morgan fingerprint density at radius 1 is 0.759 bits per heavy atom. The van der Waals surface area contributed by atoms with E-state index in [4.69, 9.17) is 46.4 Å². The Hall–Kier alpha value is -1.67. The van der Waals surface area contributed by atoms with E-state index in [1.165, 1.54) is 42.5 Å². The zero-order valence-electron chi connectivity index (χ0n) is 14.3. The topological polar surface area (TPSA) is 94.8 Å². The molecule has 0 amide bonds. The van der Waals surface area contributed by atoms with Gasteiger partial charge in [-0.25, -0.2) is 0 Å². The van der Waals surface area contributed by atoms with E-state index in [0.29, 0.717) is 0 Å². The van der Waals surface area contributed by atoms with Gasteiger partial charge in [-0.2, -0.15) is 8.42 Å². The van der Waals surface area contributed by atoms with Gasteiger partial charge in [-0.15, -0.1) is 0 Å². The van der Waals surface area contributed by atoms with Crippen LogP contribution in [0.2, 0.25) is 20.1 Å². The minimum absolute atomic E-state index is 0.0105. The lowest BCUT2D eigenvalue weighted by Gasteiger charge is -2.34. The first-order chi connectivity index (χ1) is 13.5. The van der Waals surface area contributed by atoms with E-state index >= 15 is 0 Å². The average Bonchev–Trinajstić information content (AvgIpc) is 2.61. The van der Waals surface area contributed by atoms with Crippen molar-refractivity contribution < 1.29 is 23.2 Å². The Balaban J connectivity index is 2.63. The van der Waals surface area contributed by atoms with Crippen LogP contribution < -0.4 is 0 Å². The van der Waals surface area contributed by atoms with Crippen LogP contribution >= 0.6 is 46.4 Å². The van der Waals surface area contributed by atoms with Crippen LogP contribution in [-0.4, -0.2) is 23.2 Å². The van der Waals surface area contributed by atoms with Crippen molar-refractivity contribution in [2.45, 2.75) is 4.75 Å². The average molecular weight is 494 g/mol. The van der Waals surface area contributed by atoms with Crippen molar-refractivity contribution in [2.75, 3.05) is 0 Å². The molecule has 29 heavy (non-hydrogen) atoms. The largest absolute Gasteiger partial charge is 0.504 e. The maximum absolute atomic E-state index is 13.0. The van der Waals surface area contributed by atoms with Gasteiger partial charge < -0.3 is 10.2 Å². The summed E-state index contributed by atoms with van der Waals surface area (Å²) in [5.74, 6) is -1.36. The summed E-state index contributed by atoms with van der Waals surface area (Å²) in [5, 5.41) is 19.6. The molecular formula is C19H12Cl4O5S. The molecule has 3 N–H and O–H groups in total. The van der Waals surface area contributed by atoms with Gasteiger partial charge in [-0.05, 0) is 47.5 Å². The summed E-state index contributed by atoms with van der Waals surface area (Å²) in [4.78, 5) is 0. The summed E-state index contributed by atoms with van der Waals surface area (Å²) in [6, 6.07) is 12.0. The Bertz CT molecular complexity index is 1170. The van der Waals surface area contributed by atoms with Gasteiger partial charge in [0.05, 0.1) is 5.02 Å². The first-order valence-electron chi connectivity index (χ1n) is 7.89. The molecule has 0 radical (unpaired) electrons. The van der Waals surface area contributed by atoms with Crippen LogP contribution in [0.4, 0.5) is 0 Å². The molecule has 3 aromatic carbocycles. The molecule has 0 saturated heterocycles. The lowest BCUT2D eigenvalue weighted by Crippen LogP contribution is -2.39. The highest BCUT2D eigenvalue weighted by Crippen LogP contribution is 2.51. The molecule has 1 unspecified atom stereocenters. The van der Waals surface area contributed by atoms with Crippen molar-refractivity contribution in [3.05, 3.63) is 91.4 Å². The Labute approximate surface area is 186 Å². The van der Waals surface area contributed by atoms with Crippen molar-refractivity contribution in [3.63, 3.8) is 0 Å². The van der Waals surface area contributed by atoms with Gasteiger partial charge in [0.25, 0.3) is 10.1 Å². The van der Waals surface area contributed by atoms with Gasteiger partial charge in [0.15, 0.2) is 16.2 Å². The molecule has 5 nitrogen and oxygen atoms in total. The number of benzene rings is 3. The molecule has 0 aliphatic carbocycles. The van der Waals surface area contributed by atoms with E-state index in [9.17, 15) is 23.2 Å². The van der Waals surface area contributed by atoms with Gasteiger partial charge >= 0.3 is 0 Å². The summed E-state index contributed by atoms with van der Waals surface area (Å²) >= 11 is 24.7. The number of phenolic OH excluding ortho intramolecular Hbond substituents is 2. The SMILES string of the molecule is O=S(=O)(O)C(c1cccc(Cl)c1)(c1cc(O)c(O)c(Cl)c1)c1c(Cl)cccc1Cl. The summed E-state index contributed by atoms with van der Waals surface area (Å²) in [6.07, 6.45) is 0. The van der Waals surface area contributed by atoms with Crippen LogP contribution in [0.25, 0.3) is 0 Å². The Morgan fingerprint density at radius 3 is 1.86 bits per heavy atom. The molecule has 0 bridgehead atoms. The third kappa shape index (κ3) is 3.65. The fourth-order valence-corrected chi connectivity index (χ4v) is 5.73. The van der Waals surface area contributed by atoms with Crippen LogP contribution in [0.1, 0.15) is 16.7 Å². The number of phenols is 2. The lowest BCUT2D eigenvalue weighted by molar-refractivity contribution is 0.402. The second-order valence-corrected chi connectivity index (χ2v) is 9.31. The molecule has 1 atom stereocenters. The third-order valence-electron chi connectivity index (χ3n) is 4.38.